The highest BCUT2D eigenvalue weighted by atomic mass is 32.1. The third kappa shape index (κ3) is 3.85. The summed E-state index contributed by atoms with van der Waals surface area (Å²) in [5, 5.41) is 5.08. The lowest BCUT2D eigenvalue weighted by Crippen LogP contribution is -2.47. The summed E-state index contributed by atoms with van der Waals surface area (Å²) >= 11 is 1.26. The molecular weight excluding hydrogens is 330 g/mol. The number of amides is 2. The molecule has 8 nitrogen and oxygen atoms in total. The van der Waals surface area contributed by atoms with E-state index in [1.807, 2.05) is 0 Å². The van der Waals surface area contributed by atoms with Gasteiger partial charge in [0.15, 0.2) is 5.13 Å². The van der Waals surface area contributed by atoms with Gasteiger partial charge >= 0.3 is 0 Å². The molecule has 0 bridgehead atoms. The number of nitrogen functional groups attached to an aromatic ring is 1. The Morgan fingerprint density at radius 1 is 1.50 bits per heavy atom. The number of nitrogens with zero attached hydrogens (tertiary/aromatic N) is 3. The molecule has 3 N–H and O–H groups in total. The number of carbonyl (C=O) groups is 2. The molecule has 0 spiro atoms. The molecule has 0 saturated carbocycles. The number of morpholine rings is 1. The maximum Gasteiger partial charge on any atom is 0.271 e. The number of carbonyl (C=O) groups excluding carboxylic acids is 2. The summed E-state index contributed by atoms with van der Waals surface area (Å²) in [4.78, 5) is 31.9. The summed E-state index contributed by atoms with van der Waals surface area (Å²) in [5.74, 6) is -0.114. The molecule has 132 valence electrons. The summed E-state index contributed by atoms with van der Waals surface area (Å²) in [6, 6.07) is 0.360. The summed E-state index contributed by atoms with van der Waals surface area (Å²) in [7, 11) is 3.50. The van der Waals surface area contributed by atoms with Gasteiger partial charge in [-0.2, -0.15) is 0 Å². The van der Waals surface area contributed by atoms with E-state index in [1.165, 1.54) is 11.3 Å². The Morgan fingerprint density at radius 2 is 2.29 bits per heavy atom. The average molecular weight is 353 g/mol. The predicted molar refractivity (Wildman–Crippen MR) is 90.8 cm³/mol. The second kappa shape index (κ2) is 7.04. The molecule has 1 aromatic heterocycles. The number of fused-ring (bicyclic) bond motifs is 1. The van der Waals surface area contributed by atoms with Crippen molar-refractivity contribution in [3.8, 4) is 0 Å². The lowest BCUT2D eigenvalue weighted by Gasteiger charge is -2.35. The molecule has 1 aromatic rings. The molecule has 0 aliphatic carbocycles. The fourth-order valence-electron chi connectivity index (χ4n) is 3.20. The quantitative estimate of drug-likeness (QED) is 0.776. The van der Waals surface area contributed by atoms with Gasteiger partial charge in [0, 0.05) is 44.6 Å². The summed E-state index contributed by atoms with van der Waals surface area (Å²) in [6.45, 7) is 2.09. The highest BCUT2D eigenvalue weighted by Crippen LogP contribution is 2.25. The largest absolute Gasteiger partial charge is 0.375 e. The van der Waals surface area contributed by atoms with Gasteiger partial charge in [0.25, 0.3) is 5.91 Å². The van der Waals surface area contributed by atoms with Crippen LogP contribution in [-0.4, -0.2) is 78.6 Å². The van der Waals surface area contributed by atoms with E-state index >= 15 is 0 Å². The van der Waals surface area contributed by atoms with Gasteiger partial charge in [-0.1, -0.05) is 0 Å². The summed E-state index contributed by atoms with van der Waals surface area (Å²) in [6.07, 6.45) is 1.16. The lowest BCUT2D eigenvalue weighted by atomic mass is 10.1. The van der Waals surface area contributed by atoms with Crippen molar-refractivity contribution in [2.75, 3.05) is 39.5 Å². The summed E-state index contributed by atoms with van der Waals surface area (Å²) < 4.78 is 5.82. The van der Waals surface area contributed by atoms with Gasteiger partial charge in [0.1, 0.15) is 5.69 Å². The second-order valence-corrected chi connectivity index (χ2v) is 7.42. The van der Waals surface area contributed by atoms with Gasteiger partial charge in [-0.3, -0.25) is 14.5 Å². The van der Waals surface area contributed by atoms with Crippen molar-refractivity contribution in [1.29, 1.82) is 0 Å². The fourth-order valence-corrected chi connectivity index (χ4v) is 3.74. The van der Waals surface area contributed by atoms with E-state index in [0.29, 0.717) is 29.9 Å². The number of rotatable bonds is 4. The first-order chi connectivity index (χ1) is 11.4. The van der Waals surface area contributed by atoms with E-state index in [9.17, 15) is 9.59 Å². The summed E-state index contributed by atoms with van der Waals surface area (Å²) in [5.41, 5.74) is 5.94. The maximum absolute atomic E-state index is 12.2. The lowest BCUT2D eigenvalue weighted by molar-refractivity contribution is -0.134. The van der Waals surface area contributed by atoms with Crippen LogP contribution in [0.3, 0.4) is 0 Å². The molecule has 0 unspecified atom stereocenters. The Bertz CT molecular complexity index is 620. The van der Waals surface area contributed by atoms with Gasteiger partial charge in [0.2, 0.25) is 5.91 Å². The van der Waals surface area contributed by atoms with Crippen LogP contribution in [0.4, 0.5) is 5.13 Å². The number of nitrogens with one attached hydrogen (secondary N) is 1. The third-order valence-corrected chi connectivity index (χ3v) is 5.16. The minimum absolute atomic E-state index is 0.0670. The third-order valence-electron chi connectivity index (χ3n) is 4.48. The van der Waals surface area contributed by atoms with Gasteiger partial charge < -0.3 is 20.7 Å². The van der Waals surface area contributed by atoms with Crippen LogP contribution in [-0.2, 0) is 9.53 Å². The van der Waals surface area contributed by atoms with Crippen molar-refractivity contribution in [2.24, 2.45) is 0 Å². The zero-order valence-electron chi connectivity index (χ0n) is 13.9. The number of thiazole rings is 1. The normalized spacial score (nSPS) is 26.8. The van der Waals surface area contributed by atoms with Gasteiger partial charge in [0.05, 0.1) is 19.1 Å². The molecule has 3 heterocycles. The highest BCUT2D eigenvalue weighted by Gasteiger charge is 2.38. The van der Waals surface area contributed by atoms with Crippen LogP contribution >= 0.6 is 11.3 Å². The first kappa shape index (κ1) is 17.1. The fraction of sp³-hybridized carbons (Fsp3) is 0.667. The molecule has 0 aromatic carbocycles. The van der Waals surface area contributed by atoms with Crippen LogP contribution in [0, 0.1) is 0 Å². The smallest absolute Gasteiger partial charge is 0.271 e. The predicted octanol–water partition coefficient (Wildman–Crippen LogP) is -0.225. The average Bonchev–Trinajstić information content (AvgIpc) is 3.12. The minimum Gasteiger partial charge on any atom is -0.375 e. The molecule has 2 fully saturated rings. The Kier molecular flexibility index (Phi) is 5.02. The molecular formula is C15H23N5O3S. The Hall–Kier alpha value is -1.71. The number of hydrogen-bond acceptors (Lipinski definition) is 7. The Morgan fingerprint density at radius 3 is 2.96 bits per heavy atom. The van der Waals surface area contributed by atoms with Crippen molar-refractivity contribution in [1.82, 2.24) is 20.1 Å². The van der Waals surface area contributed by atoms with E-state index in [4.69, 9.17) is 10.5 Å². The van der Waals surface area contributed by atoms with E-state index < -0.39 is 0 Å². The van der Waals surface area contributed by atoms with Gasteiger partial charge in [-0.05, 0) is 6.42 Å². The van der Waals surface area contributed by atoms with Crippen LogP contribution in [0.25, 0.3) is 0 Å². The first-order valence-electron chi connectivity index (χ1n) is 8.00. The van der Waals surface area contributed by atoms with Gasteiger partial charge in [-0.15, -0.1) is 11.3 Å². The molecule has 24 heavy (non-hydrogen) atoms. The molecule has 2 aliphatic rings. The van der Waals surface area contributed by atoms with Crippen molar-refractivity contribution in [3.63, 3.8) is 0 Å². The first-order valence-corrected chi connectivity index (χ1v) is 8.88. The minimum atomic E-state index is -0.187. The Labute approximate surface area is 145 Å². The topological polar surface area (TPSA) is 101 Å². The van der Waals surface area contributed by atoms with Crippen LogP contribution < -0.4 is 11.1 Å². The van der Waals surface area contributed by atoms with Crippen LogP contribution in [0.5, 0.6) is 0 Å². The second-order valence-electron chi connectivity index (χ2n) is 6.53. The molecule has 2 aliphatic heterocycles. The number of anilines is 1. The standard InChI is InChI=1S/C15H23N5O3S/c1-19(2)13(21)4-11-6-20-5-9(3-10(20)7-23-11)17-14(22)12-8-24-15(16)18-12/h8-11H,3-7H2,1-2H3,(H2,16,18)(H,17,22)/t9-,10-,11-/m0/s1. The zero-order valence-corrected chi connectivity index (χ0v) is 14.7. The number of hydrogen-bond donors (Lipinski definition) is 2. The van der Waals surface area contributed by atoms with E-state index in [0.717, 1.165) is 19.5 Å². The molecule has 9 heteroatoms. The number of nitrogens with two attached hydrogens (primary N) is 1. The Balaban J connectivity index is 1.51. The zero-order chi connectivity index (χ0) is 17.3. The number of ether oxygens (including phenoxy) is 1. The van der Waals surface area contributed by atoms with Crippen molar-refractivity contribution >= 4 is 28.3 Å². The van der Waals surface area contributed by atoms with Crippen LogP contribution in [0.1, 0.15) is 23.3 Å². The van der Waals surface area contributed by atoms with E-state index in [2.05, 4.69) is 15.2 Å². The molecule has 0 radical (unpaired) electrons. The maximum atomic E-state index is 12.2. The monoisotopic (exact) mass is 353 g/mol. The number of aromatic nitrogens is 1. The molecule has 3 atom stereocenters. The van der Waals surface area contributed by atoms with Crippen molar-refractivity contribution in [3.05, 3.63) is 11.1 Å². The van der Waals surface area contributed by atoms with Crippen LogP contribution in [0.15, 0.2) is 5.38 Å². The van der Waals surface area contributed by atoms with Crippen LogP contribution in [0.2, 0.25) is 0 Å². The highest BCUT2D eigenvalue weighted by molar-refractivity contribution is 7.13. The van der Waals surface area contributed by atoms with Crippen molar-refractivity contribution in [2.45, 2.75) is 31.0 Å². The van der Waals surface area contributed by atoms with Crippen molar-refractivity contribution < 1.29 is 14.3 Å². The van der Waals surface area contributed by atoms with E-state index in [-0.39, 0.29) is 24.0 Å². The van der Waals surface area contributed by atoms with E-state index in [1.54, 1.807) is 24.4 Å². The SMILES string of the molecule is CN(C)C(=O)C[C@H]1CN2C[C@@H](NC(=O)c3csc(N)n3)C[C@H]2CO1. The molecule has 2 amide bonds. The molecule has 2 saturated heterocycles. The van der Waals surface area contributed by atoms with Gasteiger partial charge in [-0.25, -0.2) is 4.98 Å². The molecule has 3 rings (SSSR count).